The number of nitrogen functional groups attached to an aromatic ring is 1. The highest BCUT2D eigenvalue weighted by molar-refractivity contribution is 5.93. The van der Waals surface area contributed by atoms with Crippen LogP contribution >= 0.6 is 0 Å². The Balaban J connectivity index is 1.88. The molecule has 1 aromatic heterocycles. The molecule has 1 heterocycles. The van der Waals surface area contributed by atoms with Gasteiger partial charge >= 0.3 is 0 Å². The van der Waals surface area contributed by atoms with Gasteiger partial charge in [0, 0.05) is 18.8 Å². The Morgan fingerprint density at radius 3 is 2.78 bits per heavy atom. The summed E-state index contributed by atoms with van der Waals surface area (Å²) in [7, 11) is 0. The second-order valence-electron chi connectivity index (χ2n) is 4.00. The number of nitrogens with two attached hydrogens (primary N) is 1. The van der Waals surface area contributed by atoms with E-state index >= 15 is 0 Å². The van der Waals surface area contributed by atoms with Crippen molar-refractivity contribution in [2.24, 2.45) is 0 Å². The number of amides is 1. The van der Waals surface area contributed by atoms with Crippen LogP contribution in [0, 0.1) is 0 Å². The molecule has 0 atom stereocenters. The van der Waals surface area contributed by atoms with Crippen LogP contribution in [0.5, 0.6) is 0 Å². The minimum atomic E-state index is -0.0447. The van der Waals surface area contributed by atoms with Crippen LogP contribution in [0.3, 0.4) is 0 Å². The van der Waals surface area contributed by atoms with Gasteiger partial charge in [0.2, 0.25) is 5.91 Å². The lowest BCUT2D eigenvalue weighted by atomic mass is 10.1. The highest BCUT2D eigenvalue weighted by Gasteiger charge is 2.04. The van der Waals surface area contributed by atoms with Crippen LogP contribution in [0.15, 0.2) is 48.8 Å². The summed E-state index contributed by atoms with van der Waals surface area (Å²) in [5.74, 6) is -0.0447. The topological polar surface area (TPSA) is 68.0 Å². The first-order chi connectivity index (χ1) is 8.75. The van der Waals surface area contributed by atoms with Crippen LogP contribution in [-0.2, 0) is 11.2 Å². The van der Waals surface area contributed by atoms with Crippen molar-refractivity contribution in [3.63, 3.8) is 0 Å². The zero-order valence-corrected chi connectivity index (χ0v) is 9.97. The van der Waals surface area contributed by atoms with E-state index in [-0.39, 0.29) is 5.91 Å². The van der Waals surface area contributed by atoms with Crippen molar-refractivity contribution in [1.82, 2.24) is 4.98 Å². The van der Waals surface area contributed by atoms with Crippen molar-refractivity contribution >= 4 is 17.3 Å². The number of anilines is 2. The molecule has 0 radical (unpaired) electrons. The lowest BCUT2D eigenvalue weighted by molar-refractivity contribution is -0.116. The Hall–Kier alpha value is -2.36. The molecule has 3 N–H and O–H groups in total. The normalized spacial score (nSPS) is 10.0. The van der Waals surface area contributed by atoms with E-state index in [1.165, 1.54) is 0 Å². The van der Waals surface area contributed by atoms with Crippen molar-refractivity contribution < 1.29 is 4.79 Å². The predicted octanol–water partition coefficient (Wildman–Crippen LogP) is 2.24. The number of pyridine rings is 1. The fourth-order valence-corrected chi connectivity index (χ4v) is 1.63. The van der Waals surface area contributed by atoms with Gasteiger partial charge in [-0.15, -0.1) is 0 Å². The molecule has 0 fully saturated rings. The molecule has 0 saturated carbocycles. The van der Waals surface area contributed by atoms with Crippen LogP contribution in [0.25, 0.3) is 0 Å². The van der Waals surface area contributed by atoms with Crippen LogP contribution in [-0.4, -0.2) is 10.9 Å². The molecule has 2 aromatic rings. The van der Waals surface area contributed by atoms with Gasteiger partial charge in [0.25, 0.3) is 0 Å². The fourth-order valence-electron chi connectivity index (χ4n) is 1.63. The maximum absolute atomic E-state index is 11.8. The summed E-state index contributed by atoms with van der Waals surface area (Å²) in [5.41, 5.74) is 8.04. The summed E-state index contributed by atoms with van der Waals surface area (Å²) in [6.45, 7) is 0. The number of aromatic nitrogens is 1. The molecular weight excluding hydrogens is 226 g/mol. The third kappa shape index (κ3) is 3.31. The van der Waals surface area contributed by atoms with E-state index in [0.717, 1.165) is 5.56 Å². The Bertz CT molecular complexity index is 526. The highest BCUT2D eigenvalue weighted by Crippen LogP contribution is 2.17. The van der Waals surface area contributed by atoms with Crippen molar-refractivity contribution in [2.45, 2.75) is 12.8 Å². The van der Waals surface area contributed by atoms with E-state index in [0.29, 0.717) is 24.2 Å². The Morgan fingerprint density at radius 1 is 1.22 bits per heavy atom. The van der Waals surface area contributed by atoms with Gasteiger partial charge in [-0.1, -0.05) is 18.2 Å². The molecule has 92 valence electrons. The molecule has 1 amide bonds. The standard InChI is InChI=1S/C14H15N3O/c15-12-5-1-2-6-13(12)17-14(18)8-7-11-4-3-9-16-10-11/h1-6,9-10H,7-8,15H2,(H,17,18). The molecule has 0 saturated heterocycles. The molecule has 0 aliphatic rings. The monoisotopic (exact) mass is 241 g/mol. The summed E-state index contributed by atoms with van der Waals surface area (Å²) in [6, 6.07) is 11.0. The highest BCUT2D eigenvalue weighted by atomic mass is 16.1. The molecule has 0 spiro atoms. The molecule has 0 aliphatic heterocycles. The van der Waals surface area contributed by atoms with E-state index < -0.39 is 0 Å². The predicted molar refractivity (Wildman–Crippen MR) is 72.0 cm³/mol. The average Bonchev–Trinajstić information content (AvgIpc) is 2.40. The number of para-hydroxylation sites is 2. The van der Waals surface area contributed by atoms with E-state index in [4.69, 9.17) is 5.73 Å². The quantitative estimate of drug-likeness (QED) is 0.806. The molecule has 4 nitrogen and oxygen atoms in total. The van der Waals surface area contributed by atoms with E-state index in [9.17, 15) is 4.79 Å². The summed E-state index contributed by atoms with van der Waals surface area (Å²) in [5, 5.41) is 2.80. The van der Waals surface area contributed by atoms with Crippen molar-refractivity contribution in [2.75, 3.05) is 11.1 Å². The summed E-state index contributed by atoms with van der Waals surface area (Å²) < 4.78 is 0. The van der Waals surface area contributed by atoms with Crippen LogP contribution in [0.4, 0.5) is 11.4 Å². The van der Waals surface area contributed by atoms with E-state index in [1.54, 1.807) is 24.5 Å². The lowest BCUT2D eigenvalue weighted by Crippen LogP contribution is -2.13. The number of carbonyl (C=O) groups excluding carboxylic acids is 1. The van der Waals surface area contributed by atoms with Gasteiger partial charge in [-0.3, -0.25) is 9.78 Å². The number of aryl methyl sites for hydroxylation is 1. The van der Waals surface area contributed by atoms with E-state index in [1.807, 2.05) is 24.3 Å². The second-order valence-corrected chi connectivity index (χ2v) is 4.00. The number of nitrogens with one attached hydrogen (secondary N) is 1. The fraction of sp³-hybridized carbons (Fsp3) is 0.143. The Kier molecular flexibility index (Phi) is 3.91. The first-order valence-corrected chi connectivity index (χ1v) is 5.79. The molecule has 4 heteroatoms. The zero-order chi connectivity index (χ0) is 12.8. The Labute approximate surface area is 106 Å². The average molecular weight is 241 g/mol. The lowest BCUT2D eigenvalue weighted by Gasteiger charge is -2.07. The molecule has 0 unspecified atom stereocenters. The first-order valence-electron chi connectivity index (χ1n) is 5.79. The SMILES string of the molecule is Nc1ccccc1NC(=O)CCc1cccnc1. The van der Waals surface area contributed by atoms with Gasteiger partial charge in [0.05, 0.1) is 11.4 Å². The molecule has 18 heavy (non-hydrogen) atoms. The number of hydrogen-bond donors (Lipinski definition) is 2. The van der Waals surface area contributed by atoms with Gasteiger partial charge in [0.15, 0.2) is 0 Å². The summed E-state index contributed by atoms with van der Waals surface area (Å²) in [4.78, 5) is 15.8. The zero-order valence-electron chi connectivity index (χ0n) is 9.97. The van der Waals surface area contributed by atoms with Crippen LogP contribution in [0.2, 0.25) is 0 Å². The molecule has 0 aliphatic carbocycles. The van der Waals surface area contributed by atoms with Gasteiger partial charge in [-0.05, 0) is 30.2 Å². The van der Waals surface area contributed by atoms with Crippen molar-refractivity contribution in [3.05, 3.63) is 54.4 Å². The number of rotatable bonds is 4. The number of hydrogen-bond acceptors (Lipinski definition) is 3. The van der Waals surface area contributed by atoms with Crippen molar-refractivity contribution in [1.29, 1.82) is 0 Å². The number of benzene rings is 1. The number of carbonyl (C=O) groups is 1. The molecule has 2 rings (SSSR count). The molecule has 1 aromatic carbocycles. The van der Waals surface area contributed by atoms with Crippen LogP contribution in [0.1, 0.15) is 12.0 Å². The third-order valence-corrected chi connectivity index (χ3v) is 2.60. The van der Waals surface area contributed by atoms with Crippen LogP contribution < -0.4 is 11.1 Å². The summed E-state index contributed by atoms with van der Waals surface area (Å²) >= 11 is 0. The molecule has 0 bridgehead atoms. The summed E-state index contributed by atoms with van der Waals surface area (Å²) in [6.07, 6.45) is 4.57. The van der Waals surface area contributed by atoms with Crippen molar-refractivity contribution in [3.8, 4) is 0 Å². The maximum atomic E-state index is 11.8. The van der Waals surface area contributed by atoms with Gasteiger partial charge < -0.3 is 11.1 Å². The number of nitrogens with zero attached hydrogens (tertiary/aromatic N) is 1. The van der Waals surface area contributed by atoms with Gasteiger partial charge in [0.1, 0.15) is 0 Å². The Morgan fingerprint density at radius 2 is 2.06 bits per heavy atom. The maximum Gasteiger partial charge on any atom is 0.224 e. The van der Waals surface area contributed by atoms with E-state index in [2.05, 4.69) is 10.3 Å². The van der Waals surface area contributed by atoms with Gasteiger partial charge in [-0.25, -0.2) is 0 Å². The largest absolute Gasteiger partial charge is 0.397 e. The molecular formula is C14H15N3O. The van der Waals surface area contributed by atoms with Gasteiger partial charge in [-0.2, -0.15) is 0 Å². The minimum Gasteiger partial charge on any atom is -0.397 e. The minimum absolute atomic E-state index is 0.0447. The smallest absolute Gasteiger partial charge is 0.224 e. The first kappa shape index (κ1) is 12.1. The third-order valence-electron chi connectivity index (χ3n) is 2.60. The second kappa shape index (κ2) is 5.82.